The molecule has 0 aliphatic heterocycles. The van der Waals surface area contributed by atoms with Gasteiger partial charge in [0, 0.05) is 32.7 Å². The van der Waals surface area contributed by atoms with Gasteiger partial charge in [-0.1, -0.05) is 47.5 Å². The molecule has 0 saturated carbocycles. The molecule has 41 heavy (non-hydrogen) atoms. The maximum Gasteiger partial charge on any atom is 0.416 e. The molecule has 0 spiro atoms. The number of carbonyl (C=O) groups is 1. The summed E-state index contributed by atoms with van der Waals surface area (Å²) in [6.07, 6.45) is -3.34. The molecule has 0 saturated heterocycles. The molecule has 1 N–H and O–H groups in total. The molecule has 13 heteroatoms. The number of rotatable bonds is 8. The van der Waals surface area contributed by atoms with Crippen molar-refractivity contribution in [2.24, 2.45) is 5.10 Å². The van der Waals surface area contributed by atoms with Gasteiger partial charge in [0.05, 0.1) is 22.4 Å². The number of amides is 1. The van der Waals surface area contributed by atoms with Crippen LogP contribution in [0, 0.1) is 13.8 Å². The third-order valence-corrected chi connectivity index (χ3v) is 8.27. The number of benzene rings is 3. The molecule has 0 radical (unpaired) electrons. The number of nitrogens with zero attached hydrogens (tertiary/aromatic N) is 3. The molecule has 214 valence electrons. The summed E-state index contributed by atoms with van der Waals surface area (Å²) in [5.41, 5.74) is 3.84. The molecule has 0 bridgehead atoms. The molecule has 3 aromatic carbocycles. The van der Waals surface area contributed by atoms with Gasteiger partial charge in [-0.05, 0) is 68.4 Å². The zero-order valence-electron chi connectivity index (χ0n) is 21.7. The molecule has 4 rings (SSSR count). The molecule has 0 aliphatic rings. The minimum absolute atomic E-state index is 0.192. The van der Waals surface area contributed by atoms with Gasteiger partial charge in [-0.2, -0.15) is 18.3 Å². The van der Waals surface area contributed by atoms with Gasteiger partial charge < -0.3 is 4.57 Å². The van der Waals surface area contributed by atoms with Crippen LogP contribution in [0.3, 0.4) is 0 Å². The smallest absolute Gasteiger partial charge is 0.318 e. The second-order valence-corrected chi connectivity index (χ2v) is 11.7. The molecule has 1 heterocycles. The summed E-state index contributed by atoms with van der Waals surface area (Å²) < 4.78 is 69.4. The fourth-order valence-electron chi connectivity index (χ4n) is 4.20. The van der Waals surface area contributed by atoms with E-state index in [0.717, 1.165) is 29.2 Å². The number of halogens is 5. The summed E-state index contributed by atoms with van der Waals surface area (Å²) in [7, 11) is -4.41. The minimum Gasteiger partial charge on any atom is -0.318 e. The van der Waals surface area contributed by atoms with Gasteiger partial charge in [-0.3, -0.25) is 9.10 Å². The number of anilines is 1. The first-order chi connectivity index (χ1) is 19.3. The minimum atomic E-state index is -4.71. The zero-order valence-corrected chi connectivity index (χ0v) is 24.0. The van der Waals surface area contributed by atoms with E-state index in [0.29, 0.717) is 26.0 Å². The Bertz CT molecular complexity index is 1700. The fraction of sp³-hybridized carbons (Fsp3) is 0.143. The maximum absolute atomic E-state index is 13.4. The highest BCUT2D eigenvalue weighted by molar-refractivity contribution is 7.92. The Morgan fingerprint density at radius 1 is 0.976 bits per heavy atom. The van der Waals surface area contributed by atoms with Gasteiger partial charge in [0.1, 0.15) is 6.54 Å². The van der Waals surface area contributed by atoms with E-state index >= 15 is 0 Å². The van der Waals surface area contributed by atoms with Crippen molar-refractivity contribution in [1.82, 2.24) is 9.99 Å². The Kier molecular flexibility index (Phi) is 8.81. The number of carbonyl (C=O) groups excluding carboxylic acids is 1. The third-order valence-electron chi connectivity index (χ3n) is 6.05. The van der Waals surface area contributed by atoms with Crippen LogP contribution >= 0.6 is 23.2 Å². The quantitative estimate of drug-likeness (QED) is 0.174. The monoisotopic (exact) mass is 622 g/mol. The Balaban J connectivity index is 1.59. The molecule has 1 amide bonds. The molecule has 0 atom stereocenters. The molecular weight excluding hydrogens is 600 g/mol. The topological polar surface area (TPSA) is 83.8 Å². The van der Waals surface area contributed by atoms with Crippen molar-refractivity contribution >= 4 is 51.0 Å². The number of nitrogens with one attached hydrogen (secondary N) is 1. The third kappa shape index (κ3) is 6.92. The zero-order chi connectivity index (χ0) is 29.9. The predicted molar refractivity (Wildman–Crippen MR) is 153 cm³/mol. The SMILES string of the molecule is Cc1cc(/C=N\NC(=O)CN(c2cccc(C(F)(F)F)c2)S(=O)(=O)c2ccccc2)c(C)n1-c1cc(Cl)cc(Cl)c1. The van der Waals surface area contributed by atoms with Gasteiger partial charge in [-0.25, -0.2) is 13.8 Å². The molecule has 4 aromatic rings. The lowest BCUT2D eigenvalue weighted by molar-refractivity contribution is -0.137. The van der Waals surface area contributed by atoms with Crippen LogP contribution in [0.25, 0.3) is 5.69 Å². The Morgan fingerprint density at radius 3 is 2.27 bits per heavy atom. The summed E-state index contributed by atoms with van der Waals surface area (Å²) in [5, 5.41) is 4.87. The van der Waals surface area contributed by atoms with Crippen molar-refractivity contribution in [3.05, 3.63) is 111 Å². The van der Waals surface area contributed by atoms with Crippen LogP contribution in [0.5, 0.6) is 0 Å². The number of sulfonamides is 1. The van der Waals surface area contributed by atoms with Crippen molar-refractivity contribution in [1.29, 1.82) is 0 Å². The molecule has 7 nitrogen and oxygen atoms in total. The summed E-state index contributed by atoms with van der Waals surface area (Å²) in [6.45, 7) is 2.86. The van der Waals surface area contributed by atoms with Gasteiger partial charge in [0.2, 0.25) is 0 Å². The second kappa shape index (κ2) is 12.0. The van der Waals surface area contributed by atoms with Crippen LogP contribution in [-0.4, -0.2) is 31.7 Å². The van der Waals surface area contributed by atoms with E-state index < -0.39 is 34.2 Å². The summed E-state index contributed by atoms with van der Waals surface area (Å²) in [4.78, 5) is 12.7. The molecular formula is C28H23Cl2F3N4O3S. The maximum atomic E-state index is 13.4. The highest BCUT2D eigenvalue weighted by Crippen LogP contribution is 2.33. The summed E-state index contributed by atoms with van der Waals surface area (Å²) in [6, 6.07) is 17.8. The van der Waals surface area contributed by atoms with Crippen molar-refractivity contribution < 1.29 is 26.4 Å². The molecule has 0 fully saturated rings. The van der Waals surface area contributed by atoms with Gasteiger partial charge >= 0.3 is 6.18 Å². The van der Waals surface area contributed by atoms with Crippen LogP contribution in [0.4, 0.5) is 18.9 Å². The lowest BCUT2D eigenvalue weighted by Crippen LogP contribution is -2.39. The first kappa shape index (κ1) is 30.2. The van der Waals surface area contributed by atoms with E-state index in [1.165, 1.54) is 36.5 Å². The standard InChI is InChI=1S/C28H23Cl2F3N4O3S/c1-18-11-20(19(2)37(18)25-14-22(29)13-23(30)15-25)16-34-35-27(38)17-36(41(39,40)26-9-4-3-5-10-26)24-8-6-7-21(12-24)28(31,32)33/h3-16H,17H2,1-2H3,(H,35,38)/b34-16-. The molecule has 0 unspecified atom stereocenters. The van der Waals surface area contributed by atoms with Crippen molar-refractivity contribution in [3.8, 4) is 5.69 Å². The Morgan fingerprint density at radius 2 is 1.63 bits per heavy atom. The molecule has 0 aliphatic carbocycles. The Hall–Kier alpha value is -3.80. The van der Waals surface area contributed by atoms with Crippen LogP contribution in [0.2, 0.25) is 10.0 Å². The van der Waals surface area contributed by atoms with E-state index in [1.807, 2.05) is 24.5 Å². The van der Waals surface area contributed by atoms with E-state index in [9.17, 15) is 26.4 Å². The number of aromatic nitrogens is 1. The van der Waals surface area contributed by atoms with Crippen molar-refractivity contribution in [2.75, 3.05) is 10.8 Å². The van der Waals surface area contributed by atoms with Crippen LogP contribution in [-0.2, 0) is 21.0 Å². The first-order valence-electron chi connectivity index (χ1n) is 12.0. The summed E-state index contributed by atoms with van der Waals surface area (Å²) >= 11 is 12.3. The predicted octanol–water partition coefficient (Wildman–Crippen LogP) is 6.77. The average molecular weight is 623 g/mol. The number of hydrazone groups is 1. The van der Waals surface area contributed by atoms with Crippen LogP contribution in [0.15, 0.2) is 88.9 Å². The molecule has 1 aromatic heterocycles. The summed E-state index contributed by atoms with van der Waals surface area (Å²) in [5.74, 6) is -0.867. The number of aryl methyl sites for hydroxylation is 1. The largest absolute Gasteiger partial charge is 0.416 e. The van der Waals surface area contributed by atoms with E-state index in [-0.39, 0.29) is 10.6 Å². The van der Waals surface area contributed by atoms with Crippen LogP contribution in [0.1, 0.15) is 22.5 Å². The normalized spacial score (nSPS) is 12.1. The van der Waals surface area contributed by atoms with E-state index in [2.05, 4.69) is 10.5 Å². The number of alkyl halides is 3. The van der Waals surface area contributed by atoms with Crippen molar-refractivity contribution in [2.45, 2.75) is 24.9 Å². The van der Waals surface area contributed by atoms with Crippen LogP contribution < -0.4 is 9.73 Å². The average Bonchev–Trinajstić information content (AvgIpc) is 3.19. The number of hydrogen-bond donors (Lipinski definition) is 1. The lowest BCUT2D eigenvalue weighted by Gasteiger charge is -2.24. The van der Waals surface area contributed by atoms with Crippen molar-refractivity contribution in [3.63, 3.8) is 0 Å². The lowest BCUT2D eigenvalue weighted by atomic mass is 10.2. The number of hydrogen-bond acceptors (Lipinski definition) is 4. The Labute approximate surface area is 244 Å². The second-order valence-electron chi connectivity index (χ2n) is 8.96. The van der Waals surface area contributed by atoms with Gasteiger partial charge in [-0.15, -0.1) is 0 Å². The van der Waals surface area contributed by atoms with Gasteiger partial charge in [0.15, 0.2) is 0 Å². The van der Waals surface area contributed by atoms with E-state index in [4.69, 9.17) is 23.2 Å². The fourth-order valence-corrected chi connectivity index (χ4v) is 6.14. The van der Waals surface area contributed by atoms with Gasteiger partial charge in [0.25, 0.3) is 15.9 Å². The highest BCUT2D eigenvalue weighted by Gasteiger charge is 2.33. The first-order valence-corrected chi connectivity index (χ1v) is 14.2. The van der Waals surface area contributed by atoms with E-state index in [1.54, 1.807) is 24.3 Å². The highest BCUT2D eigenvalue weighted by atomic mass is 35.5.